The minimum absolute atomic E-state index is 0.0371. The second-order valence-electron chi connectivity index (χ2n) is 7.67. The van der Waals surface area contributed by atoms with Crippen LogP contribution < -0.4 is 5.32 Å². The fraction of sp³-hybridized carbons (Fsp3) is 0.450. The standard InChI is InChI=1S/C20H27N3O5S3/c1-15(2)22(3)30(25,26)17-8-6-16(7-9-17)14-21-20(24)19-18(10-13-29-19)31(27,28)23-11-4-5-12-23/h6-10,13,15H,4-5,11-12,14H2,1-3H3,(H,21,24). The summed E-state index contributed by atoms with van der Waals surface area (Å²) in [7, 11) is -5.72. The van der Waals surface area contributed by atoms with E-state index in [9.17, 15) is 21.6 Å². The summed E-state index contributed by atoms with van der Waals surface area (Å²) in [5.41, 5.74) is 0.708. The van der Waals surface area contributed by atoms with Crippen molar-refractivity contribution < 1.29 is 21.6 Å². The van der Waals surface area contributed by atoms with Gasteiger partial charge < -0.3 is 5.32 Å². The van der Waals surface area contributed by atoms with Crippen molar-refractivity contribution in [2.75, 3.05) is 20.1 Å². The molecule has 0 saturated carbocycles. The van der Waals surface area contributed by atoms with Crippen LogP contribution in [-0.2, 0) is 26.6 Å². The van der Waals surface area contributed by atoms with Gasteiger partial charge in [-0.15, -0.1) is 11.3 Å². The molecule has 0 spiro atoms. The molecule has 0 bridgehead atoms. The van der Waals surface area contributed by atoms with E-state index in [-0.39, 0.29) is 27.3 Å². The van der Waals surface area contributed by atoms with Crippen molar-refractivity contribution in [2.45, 2.75) is 49.1 Å². The zero-order chi connectivity index (χ0) is 22.8. The van der Waals surface area contributed by atoms with Gasteiger partial charge in [0.25, 0.3) is 5.91 Å². The average molecular weight is 486 g/mol. The molecule has 1 amide bonds. The van der Waals surface area contributed by atoms with E-state index in [1.807, 2.05) is 0 Å². The van der Waals surface area contributed by atoms with Crippen molar-refractivity contribution in [3.05, 3.63) is 46.2 Å². The molecule has 0 atom stereocenters. The van der Waals surface area contributed by atoms with Crippen LogP contribution in [0.25, 0.3) is 0 Å². The van der Waals surface area contributed by atoms with E-state index < -0.39 is 26.0 Å². The summed E-state index contributed by atoms with van der Waals surface area (Å²) < 4.78 is 53.4. The molecule has 170 valence electrons. The topological polar surface area (TPSA) is 104 Å². The van der Waals surface area contributed by atoms with E-state index in [1.54, 1.807) is 31.4 Å². The van der Waals surface area contributed by atoms with Crippen molar-refractivity contribution in [1.82, 2.24) is 13.9 Å². The Kier molecular flexibility index (Phi) is 7.21. The van der Waals surface area contributed by atoms with Crippen LogP contribution in [0, 0.1) is 0 Å². The van der Waals surface area contributed by atoms with Crippen molar-refractivity contribution in [3.8, 4) is 0 Å². The molecule has 1 aliphatic heterocycles. The number of nitrogens with zero attached hydrogens (tertiary/aromatic N) is 2. The molecule has 8 nitrogen and oxygen atoms in total. The first-order valence-corrected chi connectivity index (χ1v) is 13.7. The first-order valence-electron chi connectivity index (χ1n) is 9.98. The highest BCUT2D eigenvalue weighted by Gasteiger charge is 2.31. The summed E-state index contributed by atoms with van der Waals surface area (Å²) >= 11 is 1.09. The average Bonchev–Trinajstić information content (AvgIpc) is 3.44. The molecule has 0 aliphatic carbocycles. The number of carbonyl (C=O) groups is 1. The Bertz CT molecular complexity index is 1130. The van der Waals surface area contributed by atoms with Gasteiger partial charge in [-0.1, -0.05) is 12.1 Å². The zero-order valence-electron chi connectivity index (χ0n) is 17.7. The third kappa shape index (κ3) is 5.01. The zero-order valence-corrected chi connectivity index (χ0v) is 20.2. The Morgan fingerprint density at radius 3 is 2.29 bits per heavy atom. The summed E-state index contributed by atoms with van der Waals surface area (Å²) in [5, 5.41) is 4.33. The van der Waals surface area contributed by atoms with Gasteiger partial charge in [-0.2, -0.15) is 8.61 Å². The number of amides is 1. The fourth-order valence-corrected chi connectivity index (χ4v) is 7.42. The summed E-state index contributed by atoms with van der Waals surface area (Å²) in [5.74, 6) is -0.469. The SMILES string of the molecule is CC(C)N(C)S(=O)(=O)c1ccc(CNC(=O)c2sccc2S(=O)(=O)N2CCCC2)cc1. The molecule has 1 aromatic heterocycles. The molecule has 1 fully saturated rings. The lowest BCUT2D eigenvalue weighted by atomic mass is 10.2. The minimum atomic E-state index is -3.68. The van der Waals surface area contributed by atoms with Crippen molar-refractivity contribution in [3.63, 3.8) is 0 Å². The van der Waals surface area contributed by atoms with Gasteiger partial charge >= 0.3 is 0 Å². The van der Waals surface area contributed by atoms with Crippen molar-refractivity contribution in [1.29, 1.82) is 0 Å². The number of hydrogen-bond donors (Lipinski definition) is 1. The van der Waals surface area contributed by atoms with Gasteiger partial charge in [0, 0.05) is 32.7 Å². The molecule has 11 heteroatoms. The molecule has 0 radical (unpaired) electrons. The summed E-state index contributed by atoms with van der Waals surface area (Å²) in [4.78, 5) is 13.0. The van der Waals surface area contributed by atoms with E-state index in [0.29, 0.717) is 18.7 Å². The largest absolute Gasteiger partial charge is 0.347 e. The van der Waals surface area contributed by atoms with Gasteiger partial charge in [0.15, 0.2) is 0 Å². The van der Waals surface area contributed by atoms with E-state index in [4.69, 9.17) is 0 Å². The van der Waals surface area contributed by atoms with Crippen molar-refractivity contribution in [2.24, 2.45) is 0 Å². The Balaban J connectivity index is 1.69. The number of nitrogens with one attached hydrogen (secondary N) is 1. The Morgan fingerprint density at radius 2 is 1.71 bits per heavy atom. The summed E-state index contributed by atoms with van der Waals surface area (Å²) in [6.45, 7) is 4.69. The third-order valence-corrected chi connectivity index (χ3v) is 10.3. The van der Waals surface area contributed by atoms with Crippen molar-refractivity contribution >= 4 is 37.3 Å². The van der Waals surface area contributed by atoms with E-state index in [2.05, 4.69) is 5.32 Å². The molecular weight excluding hydrogens is 458 g/mol. The van der Waals surface area contributed by atoms with Gasteiger partial charge in [-0.05, 0) is 55.8 Å². The lowest BCUT2D eigenvalue weighted by Gasteiger charge is -2.21. The monoisotopic (exact) mass is 485 g/mol. The third-order valence-electron chi connectivity index (χ3n) is 5.30. The van der Waals surface area contributed by atoms with E-state index in [1.165, 1.54) is 33.9 Å². The molecule has 2 heterocycles. The highest BCUT2D eigenvalue weighted by atomic mass is 32.2. The highest BCUT2D eigenvalue weighted by Crippen LogP contribution is 2.27. The second kappa shape index (κ2) is 9.37. The summed E-state index contributed by atoms with van der Waals surface area (Å²) in [6, 6.07) is 7.59. The Morgan fingerprint density at radius 1 is 1.10 bits per heavy atom. The molecule has 3 rings (SSSR count). The Hall–Kier alpha value is -1.79. The number of sulfonamides is 2. The normalized spacial score (nSPS) is 15.6. The maximum absolute atomic E-state index is 12.8. The van der Waals surface area contributed by atoms with Crippen LogP contribution in [0.2, 0.25) is 0 Å². The predicted octanol–water partition coefficient (Wildman–Crippen LogP) is 2.49. The Labute approximate surface area is 188 Å². The lowest BCUT2D eigenvalue weighted by Crippen LogP contribution is -2.33. The van der Waals surface area contributed by atoms with Gasteiger partial charge in [0.2, 0.25) is 20.0 Å². The van der Waals surface area contributed by atoms with Crippen LogP contribution >= 0.6 is 11.3 Å². The minimum Gasteiger partial charge on any atom is -0.347 e. The number of thiophene rings is 1. The van der Waals surface area contributed by atoms with Gasteiger partial charge in [-0.3, -0.25) is 4.79 Å². The fourth-order valence-electron chi connectivity index (χ4n) is 3.22. The quantitative estimate of drug-likeness (QED) is 0.619. The van der Waals surface area contributed by atoms with Gasteiger partial charge in [0.05, 0.1) is 4.90 Å². The van der Waals surface area contributed by atoms with Crippen LogP contribution in [0.15, 0.2) is 45.5 Å². The van der Waals surface area contributed by atoms with Crippen LogP contribution in [0.4, 0.5) is 0 Å². The van der Waals surface area contributed by atoms with Crippen LogP contribution in [0.5, 0.6) is 0 Å². The molecule has 1 aromatic carbocycles. The maximum atomic E-state index is 12.8. The lowest BCUT2D eigenvalue weighted by molar-refractivity contribution is 0.0952. The highest BCUT2D eigenvalue weighted by molar-refractivity contribution is 7.89. The number of rotatable bonds is 8. The summed E-state index contributed by atoms with van der Waals surface area (Å²) in [6.07, 6.45) is 1.65. The number of hydrogen-bond acceptors (Lipinski definition) is 6. The molecule has 2 aromatic rings. The van der Waals surface area contributed by atoms with Gasteiger partial charge in [-0.25, -0.2) is 16.8 Å². The second-order valence-corrected chi connectivity index (χ2v) is 12.5. The molecule has 1 N–H and O–H groups in total. The maximum Gasteiger partial charge on any atom is 0.263 e. The predicted molar refractivity (Wildman–Crippen MR) is 120 cm³/mol. The van der Waals surface area contributed by atoms with E-state index in [0.717, 1.165) is 24.2 Å². The smallest absolute Gasteiger partial charge is 0.263 e. The molecule has 0 unspecified atom stereocenters. The first-order chi connectivity index (χ1) is 14.5. The first kappa shape index (κ1) is 23.9. The number of benzene rings is 1. The van der Waals surface area contributed by atoms with Crippen LogP contribution in [-0.4, -0.2) is 57.5 Å². The molecular formula is C20H27N3O5S3. The molecule has 1 saturated heterocycles. The van der Waals surface area contributed by atoms with Crippen LogP contribution in [0.1, 0.15) is 41.9 Å². The molecule has 31 heavy (non-hydrogen) atoms. The van der Waals surface area contributed by atoms with E-state index >= 15 is 0 Å². The number of carbonyl (C=O) groups excluding carboxylic acids is 1. The van der Waals surface area contributed by atoms with Crippen LogP contribution in [0.3, 0.4) is 0 Å². The molecule has 1 aliphatic rings. The van der Waals surface area contributed by atoms with Gasteiger partial charge in [0.1, 0.15) is 9.77 Å².